The van der Waals surface area contributed by atoms with Crippen LogP contribution >= 0.6 is 0 Å². The van der Waals surface area contributed by atoms with Crippen molar-refractivity contribution in [2.75, 3.05) is 0 Å². The number of phenols is 2. The van der Waals surface area contributed by atoms with Gasteiger partial charge in [0.25, 0.3) is 0 Å². The van der Waals surface area contributed by atoms with Gasteiger partial charge in [-0.25, -0.2) is 4.79 Å². The number of hydrogen-bond donors (Lipinski definition) is 4. The summed E-state index contributed by atoms with van der Waals surface area (Å²) >= 11 is 0. The summed E-state index contributed by atoms with van der Waals surface area (Å²) in [6.07, 6.45) is -1.82. The lowest BCUT2D eigenvalue weighted by atomic mass is 10.1. The van der Waals surface area contributed by atoms with Gasteiger partial charge in [-0.2, -0.15) is 0 Å². The first-order valence-electron chi connectivity index (χ1n) is 3.92. The lowest BCUT2D eigenvalue weighted by molar-refractivity contribution is -0.146. The highest BCUT2D eigenvalue weighted by atomic mass is 16.4. The smallest absolute Gasteiger partial charge is 0.332 e. The Bertz CT molecular complexity index is 347. The van der Waals surface area contributed by atoms with Crippen molar-refractivity contribution >= 4 is 5.97 Å². The first kappa shape index (κ1) is 10.3. The van der Waals surface area contributed by atoms with E-state index in [9.17, 15) is 9.90 Å². The maximum Gasteiger partial charge on any atom is 0.332 e. The second-order valence-corrected chi connectivity index (χ2v) is 2.87. The molecule has 0 radical (unpaired) electrons. The van der Waals surface area contributed by atoms with Gasteiger partial charge in [0.15, 0.2) is 6.10 Å². The molecule has 1 aromatic carbocycles. The Balaban J connectivity index is 2.85. The number of aliphatic carboxylic acids is 1. The number of aromatic hydroxyl groups is 2. The van der Waals surface area contributed by atoms with Crippen LogP contribution in [0.15, 0.2) is 18.2 Å². The van der Waals surface area contributed by atoms with Gasteiger partial charge in [-0.1, -0.05) is 0 Å². The molecule has 0 spiro atoms. The van der Waals surface area contributed by atoms with Crippen LogP contribution in [0.5, 0.6) is 11.5 Å². The van der Waals surface area contributed by atoms with Gasteiger partial charge in [-0.05, 0) is 18.2 Å². The molecule has 1 unspecified atom stereocenters. The molecule has 0 aliphatic heterocycles. The summed E-state index contributed by atoms with van der Waals surface area (Å²) in [6, 6.07) is 3.71. The number of carboxylic acids is 1. The van der Waals surface area contributed by atoms with E-state index in [1.165, 1.54) is 18.2 Å². The molecule has 5 heteroatoms. The summed E-state index contributed by atoms with van der Waals surface area (Å²) in [4.78, 5) is 10.3. The molecule has 0 aliphatic rings. The average Bonchev–Trinajstić information content (AvgIpc) is 2.11. The predicted molar refractivity (Wildman–Crippen MR) is 47.1 cm³/mol. The van der Waals surface area contributed by atoms with Crippen LogP contribution in [-0.4, -0.2) is 32.5 Å². The van der Waals surface area contributed by atoms with Crippen LogP contribution in [0.2, 0.25) is 0 Å². The summed E-state index contributed by atoms with van der Waals surface area (Å²) in [6.45, 7) is 0. The van der Waals surface area contributed by atoms with Crippen molar-refractivity contribution in [1.82, 2.24) is 0 Å². The Kier molecular flexibility index (Phi) is 2.93. The van der Waals surface area contributed by atoms with Crippen LogP contribution in [0.25, 0.3) is 0 Å². The van der Waals surface area contributed by atoms with Gasteiger partial charge < -0.3 is 20.4 Å². The van der Waals surface area contributed by atoms with Crippen molar-refractivity contribution in [1.29, 1.82) is 0 Å². The molecule has 0 heterocycles. The van der Waals surface area contributed by atoms with Crippen molar-refractivity contribution in [3.63, 3.8) is 0 Å². The SMILES string of the molecule is O=C(O)C(O)Cc1cc(O)ccc1O. The van der Waals surface area contributed by atoms with Gasteiger partial charge in [0, 0.05) is 12.0 Å². The van der Waals surface area contributed by atoms with Crippen LogP contribution < -0.4 is 0 Å². The fraction of sp³-hybridized carbons (Fsp3) is 0.222. The first-order valence-corrected chi connectivity index (χ1v) is 3.92. The zero-order valence-corrected chi connectivity index (χ0v) is 7.21. The number of hydrogen-bond acceptors (Lipinski definition) is 4. The molecule has 0 fully saturated rings. The lowest BCUT2D eigenvalue weighted by Gasteiger charge is -2.07. The van der Waals surface area contributed by atoms with Crippen molar-refractivity contribution in [3.8, 4) is 11.5 Å². The highest BCUT2D eigenvalue weighted by Crippen LogP contribution is 2.23. The minimum absolute atomic E-state index is 0.0876. The second-order valence-electron chi connectivity index (χ2n) is 2.87. The maximum atomic E-state index is 10.3. The van der Waals surface area contributed by atoms with Crippen LogP contribution in [0.4, 0.5) is 0 Å². The molecule has 1 atom stereocenters. The highest BCUT2D eigenvalue weighted by molar-refractivity contribution is 5.72. The Morgan fingerprint density at radius 1 is 1.36 bits per heavy atom. The topological polar surface area (TPSA) is 98.0 Å². The standard InChI is InChI=1S/C9H10O5/c10-6-1-2-7(11)5(3-6)4-8(12)9(13)14/h1-3,8,10-12H,4H2,(H,13,14). The number of benzene rings is 1. The molecular formula is C9H10O5. The summed E-state index contributed by atoms with van der Waals surface area (Å²) in [5.74, 6) is -1.61. The monoisotopic (exact) mass is 198 g/mol. The molecule has 1 rings (SSSR count). The van der Waals surface area contributed by atoms with E-state index in [2.05, 4.69) is 0 Å². The minimum atomic E-state index is -1.58. The van der Waals surface area contributed by atoms with Gasteiger partial charge in [0.05, 0.1) is 0 Å². The summed E-state index contributed by atoms with van der Waals surface area (Å²) in [7, 11) is 0. The van der Waals surface area contributed by atoms with Gasteiger partial charge >= 0.3 is 5.97 Å². The quantitative estimate of drug-likeness (QED) is 0.516. The van der Waals surface area contributed by atoms with Gasteiger partial charge in [0.1, 0.15) is 11.5 Å². The van der Waals surface area contributed by atoms with E-state index in [4.69, 9.17) is 15.3 Å². The van der Waals surface area contributed by atoms with Gasteiger partial charge in [-0.3, -0.25) is 0 Å². The number of carbonyl (C=O) groups is 1. The fourth-order valence-corrected chi connectivity index (χ4v) is 1.03. The van der Waals surface area contributed by atoms with Crippen molar-refractivity contribution in [3.05, 3.63) is 23.8 Å². The Morgan fingerprint density at radius 3 is 2.57 bits per heavy atom. The molecular weight excluding hydrogens is 188 g/mol. The van der Waals surface area contributed by atoms with Gasteiger partial charge in [0.2, 0.25) is 0 Å². The summed E-state index contributed by atoms with van der Waals surface area (Å²) in [5.41, 5.74) is 0.194. The Morgan fingerprint density at radius 2 is 2.00 bits per heavy atom. The van der Waals surface area contributed by atoms with E-state index in [1.54, 1.807) is 0 Å². The zero-order valence-electron chi connectivity index (χ0n) is 7.21. The molecule has 0 bridgehead atoms. The van der Waals surface area contributed by atoms with E-state index in [-0.39, 0.29) is 23.5 Å². The first-order chi connectivity index (χ1) is 6.50. The van der Waals surface area contributed by atoms with E-state index in [0.717, 1.165) is 0 Å². The summed E-state index contributed by atoms with van der Waals surface area (Å²) in [5, 5.41) is 35.7. The van der Waals surface area contributed by atoms with Crippen LogP contribution in [0.1, 0.15) is 5.56 Å². The second kappa shape index (κ2) is 3.97. The van der Waals surface area contributed by atoms with Crippen LogP contribution in [0, 0.1) is 0 Å². The Hall–Kier alpha value is -1.75. The van der Waals surface area contributed by atoms with Gasteiger partial charge in [-0.15, -0.1) is 0 Å². The highest BCUT2D eigenvalue weighted by Gasteiger charge is 2.16. The van der Waals surface area contributed by atoms with Crippen LogP contribution in [0.3, 0.4) is 0 Å². The molecule has 0 saturated heterocycles. The number of rotatable bonds is 3. The molecule has 0 saturated carbocycles. The van der Waals surface area contributed by atoms with E-state index >= 15 is 0 Å². The normalized spacial score (nSPS) is 12.4. The minimum Gasteiger partial charge on any atom is -0.508 e. The lowest BCUT2D eigenvalue weighted by Crippen LogP contribution is -2.21. The summed E-state index contributed by atoms with van der Waals surface area (Å²) < 4.78 is 0. The van der Waals surface area contributed by atoms with Crippen molar-refractivity contribution < 1.29 is 25.2 Å². The third kappa shape index (κ3) is 2.37. The molecule has 0 amide bonds. The molecule has 4 N–H and O–H groups in total. The van der Waals surface area contributed by atoms with E-state index < -0.39 is 12.1 Å². The largest absolute Gasteiger partial charge is 0.508 e. The molecule has 5 nitrogen and oxygen atoms in total. The number of aliphatic hydroxyl groups excluding tert-OH is 1. The molecule has 0 aliphatic carbocycles. The maximum absolute atomic E-state index is 10.3. The van der Waals surface area contributed by atoms with E-state index in [0.29, 0.717) is 0 Å². The van der Waals surface area contributed by atoms with Crippen molar-refractivity contribution in [2.24, 2.45) is 0 Å². The molecule has 76 valence electrons. The third-order valence-corrected chi connectivity index (χ3v) is 1.76. The Labute approximate surface area is 79.9 Å². The number of carboxylic acid groups (broad SMARTS) is 1. The molecule has 0 aromatic heterocycles. The molecule has 14 heavy (non-hydrogen) atoms. The average molecular weight is 198 g/mol. The fourth-order valence-electron chi connectivity index (χ4n) is 1.03. The van der Waals surface area contributed by atoms with E-state index in [1.807, 2.05) is 0 Å². The predicted octanol–water partition coefficient (Wildman–Crippen LogP) is 0.0858. The van der Waals surface area contributed by atoms with Crippen LogP contribution in [-0.2, 0) is 11.2 Å². The zero-order chi connectivity index (χ0) is 10.7. The van der Waals surface area contributed by atoms with Crippen molar-refractivity contribution in [2.45, 2.75) is 12.5 Å². The molecule has 1 aromatic rings. The third-order valence-electron chi connectivity index (χ3n) is 1.76. The number of phenolic OH excluding ortho intramolecular Hbond substituents is 2. The number of aliphatic hydroxyl groups is 1.